The van der Waals surface area contributed by atoms with Crippen LogP contribution in [0, 0.1) is 10.1 Å². The maximum Gasteiger partial charge on any atom is 0.342 e. The Bertz CT molecular complexity index is 1360. The molecule has 0 saturated heterocycles. The van der Waals surface area contributed by atoms with E-state index < -0.39 is 61.9 Å². The van der Waals surface area contributed by atoms with Crippen LogP contribution in [0.25, 0.3) is 22.2 Å². The van der Waals surface area contributed by atoms with Crippen LogP contribution < -0.4 is 17.0 Å². The number of imidazole rings is 1. The normalized spacial score (nSPS) is 11.0. The summed E-state index contributed by atoms with van der Waals surface area (Å²) in [7, 11) is 2.76. The molecule has 29 heavy (non-hydrogen) atoms. The number of nitrogens with two attached hydrogens (primary N) is 1. The van der Waals surface area contributed by atoms with Gasteiger partial charge in [0, 0.05) is 25.7 Å². The molecule has 0 bridgehead atoms. The largest absolute Gasteiger partial charge is 0.478 e. The highest BCUT2D eigenvalue weighted by Gasteiger charge is 2.32. The van der Waals surface area contributed by atoms with E-state index in [0.29, 0.717) is 0 Å². The van der Waals surface area contributed by atoms with Crippen molar-refractivity contribution in [3.8, 4) is 11.1 Å². The lowest BCUT2D eigenvalue weighted by molar-refractivity contribution is -0.384. The number of hydrogen-bond donors (Lipinski definition) is 4. The summed E-state index contributed by atoms with van der Waals surface area (Å²) in [5.41, 5.74) is 0.384. The Hall–Kier alpha value is -4.42. The molecule has 0 aliphatic heterocycles. The summed E-state index contributed by atoms with van der Waals surface area (Å²) in [6.07, 6.45) is 0. The first-order valence-corrected chi connectivity index (χ1v) is 7.83. The summed E-state index contributed by atoms with van der Waals surface area (Å²) >= 11 is 0. The lowest BCUT2D eigenvalue weighted by Gasteiger charge is -2.13. The summed E-state index contributed by atoms with van der Waals surface area (Å²) in [5.74, 6) is -4.17. The van der Waals surface area contributed by atoms with Gasteiger partial charge in [-0.2, -0.15) is 0 Å². The number of aromatic carboxylic acids is 2. The molecule has 0 fully saturated rings. The first kappa shape index (κ1) is 19.3. The van der Waals surface area contributed by atoms with Gasteiger partial charge in [-0.05, 0) is 6.07 Å². The van der Waals surface area contributed by atoms with Crippen LogP contribution in [0.15, 0.2) is 21.7 Å². The van der Waals surface area contributed by atoms with Crippen LogP contribution in [0.3, 0.4) is 0 Å². The molecule has 3 rings (SSSR count). The average molecular weight is 403 g/mol. The van der Waals surface area contributed by atoms with Crippen molar-refractivity contribution in [1.82, 2.24) is 14.1 Å². The summed E-state index contributed by atoms with van der Waals surface area (Å²) in [6, 6.07) is 2.09. The van der Waals surface area contributed by atoms with Crippen molar-refractivity contribution in [2.24, 2.45) is 14.1 Å². The number of anilines is 1. The molecule has 0 spiro atoms. The summed E-state index contributed by atoms with van der Waals surface area (Å²) in [5, 5.41) is 30.7. The Morgan fingerprint density at radius 2 is 1.59 bits per heavy atom. The topological polar surface area (TPSA) is 204 Å². The van der Waals surface area contributed by atoms with Gasteiger partial charge in [0.1, 0.15) is 16.9 Å². The third kappa shape index (κ3) is 2.72. The number of hydrogen-bond acceptors (Lipinski definition) is 7. The van der Waals surface area contributed by atoms with Crippen LogP contribution in [-0.4, -0.2) is 41.2 Å². The number of aromatic amines is 1. The number of benzene rings is 1. The number of H-pyrrole nitrogens is 1. The van der Waals surface area contributed by atoms with Crippen molar-refractivity contribution in [2.75, 3.05) is 5.73 Å². The molecular weight excluding hydrogens is 390 g/mol. The first-order valence-electron chi connectivity index (χ1n) is 7.83. The minimum Gasteiger partial charge on any atom is -0.478 e. The van der Waals surface area contributed by atoms with Crippen molar-refractivity contribution in [3.05, 3.63) is 54.2 Å². The number of nitrogen functional groups attached to an aromatic ring is 1. The van der Waals surface area contributed by atoms with E-state index in [2.05, 4.69) is 0 Å². The molecule has 0 aliphatic carbocycles. The van der Waals surface area contributed by atoms with Crippen LogP contribution >= 0.6 is 0 Å². The number of carboxylic acids is 2. The van der Waals surface area contributed by atoms with Crippen molar-refractivity contribution in [1.29, 1.82) is 0 Å². The molecule has 13 heteroatoms. The minimum atomic E-state index is -1.81. The van der Waals surface area contributed by atoms with Crippen molar-refractivity contribution in [2.45, 2.75) is 0 Å². The van der Waals surface area contributed by atoms with Crippen LogP contribution in [0.1, 0.15) is 20.7 Å². The molecule has 0 unspecified atom stereocenters. The van der Waals surface area contributed by atoms with Crippen LogP contribution in [0.5, 0.6) is 0 Å². The van der Waals surface area contributed by atoms with Crippen LogP contribution in [0.4, 0.5) is 11.5 Å². The van der Waals surface area contributed by atoms with E-state index in [9.17, 15) is 39.5 Å². The molecule has 0 amide bonds. The molecule has 13 nitrogen and oxygen atoms in total. The zero-order valence-corrected chi connectivity index (χ0v) is 14.9. The molecule has 3 aromatic rings. The van der Waals surface area contributed by atoms with Gasteiger partial charge in [-0.25, -0.2) is 14.4 Å². The highest BCUT2D eigenvalue weighted by atomic mass is 16.6. The molecule has 0 radical (unpaired) electrons. The minimum absolute atomic E-state index is 0.152. The number of rotatable bonds is 4. The van der Waals surface area contributed by atoms with Gasteiger partial charge in [0.15, 0.2) is 0 Å². The van der Waals surface area contributed by atoms with Gasteiger partial charge in [-0.1, -0.05) is 0 Å². The zero-order chi connectivity index (χ0) is 21.8. The molecule has 150 valence electrons. The standard InChI is InChI=1S/C16H13N5O8/c1-19-7-3-5(6(21(28)29)4-8(7)20(2)16(19)27)9-10(14(23)24)12(17)18-13(22)11(9)15(25)26/h3-4H,1-2H3,(H,23,24)(H,25,26)(H3,17,18,22). The maximum absolute atomic E-state index is 12.2. The van der Waals surface area contributed by atoms with E-state index in [0.717, 1.165) is 21.3 Å². The number of carboxylic acid groups (broad SMARTS) is 2. The number of carbonyl (C=O) groups is 2. The van der Waals surface area contributed by atoms with Gasteiger partial charge >= 0.3 is 17.6 Å². The van der Waals surface area contributed by atoms with E-state index in [4.69, 9.17) is 5.73 Å². The third-order valence-corrected chi connectivity index (χ3v) is 4.53. The van der Waals surface area contributed by atoms with E-state index in [-0.39, 0.29) is 11.0 Å². The number of fused-ring (bicyclic) bond motifs is 1. The lowest BCUT2D eigenvalue weighted by atomic mass is 9.93. The molecular formula is C16H13N5O8. The molecule has 0 aliphatic rings. The lowest BCUT2D eigenvalue weighted by Crippen LogP contribution is -2.24. The number of aromatic nitrogens is 3. The van der Waals surface area contributed by atoms with Gasteiger partial charge in [-0.3, -0.25) is 24.0 Å². The highest BCUT2D eigenvalue weighted by molar-refractivity contribution is 6.09. The van der Waals surface area contributed by atoms with Gasteiger partial charge < -0.3 is 20.9 Å². The highest BCUT2D eigenvalue weighted by Crippen LogP contribution is 2.38. The van der Waals surface area contributed by atoms with Crippen molar-refractivity contribution >= 4 is 34.5 Å². The second-order valence-electron chi connectivity index (χ2n) is 6.12. The van der Waals surface area contributed by atoms with Gasteiger partial charge in [0.05, 0.1) is 21.5 Å². The molecule has 1 aromatic carbocycles. The van der Waals surface area contributed by atoms with E-state index in [1.165, 1.54) is 14.1 Å². The number of nitrogens with zero attached hydrogens (tertiary/aromatic N) is 3. The molecule has 5 N–H and O–H groups in total. The third-order valence-electron chi connectivity index (χ3n) is 4.53. The number of nitro benzene ring substituents is 1. The molecule has 0 saturated carbocycles. The Morgan fingerprint density at radius 3 is 2.07 bits per heavy atom. The zero-order valence-electron chi connectivity index (χ0n) is 14.9. The quantitative estimate of drug-likeness (QED) is 0.344. The van der Waals surface area contributed by atoms with Crippen LogP contribution in [-0.2, 0) is 14.1 Å². The Balaban J connectivity index is 2.66. The first-order chi connectivity index (χ1) is 13.5. The average Bonchev–Trinajstić information content (AvgIpc) is 2.83. The van der Waals surface area contributed by atoms with E-state index >= 15 is 0 Å². The SMILES string of the molecule is Cn1c(=O)n(C)c2cc([N+](=O)[O-])c(-c3c(C(=O)O)c(N)[nH]c(=O)c3C(=O)O)cc21. The van der Waals surface area contributed by atoms with Crippen LogP contribution in [0.2, 0.25) is 0 Å². The van der Waals surface area contributed by atoms with E-state index in [1.54, 1.807) is 0 Å². The fraction of sp³-hybridized carbons (Fsp3) is 0.125. The van der Waals surface area contributed by atoms with Gasteiger partial charge in [0.2, 0.25) is 0 Å². The van der Waals surface area contributed by atoms with Crippen molar-refractivity contribution in [3.63, 3.8) is 0 Å². The summed E-state index contributed by atoms with van der Waals surface area (Å²) in [6.45, 7) is 0. The Morgan fingerprint density at radius 1 is 1.07 bits per heavy atom. The Kier molecular flexibility index (Phi) is 4.22. The number of nitrogens with one attached hydrogen (secondary N) is 1. The number of nitro groups is 1. The summed E-state index contributed by atoms with van der Waals surface area (Å²) in [4.78, 5) is 60.5. The van der Waals surface area contributed by atoms with Crippen molar-refractivity contribution < 1.29 is 24.7 Å². The molecule has 2 aromatic heterocycles. The second-order valence-corrected chi connectivity index (χ2v) is 6.12. The predicted octanol–water partition coefficient (Wildman–Crippen LogP) is 0.119. The molecule has 0 atom stereocenters. The van der Waals surface area contributed by atoms with Gasteiger partial charge in [0.25, 0.3) is 11.2 Å². The number of pyridine rings is 1. The summed E-state index contributed by atoms with van der Waals surface area (Å²) < 4.78 is 2.27. The molecule has 2 heterocycles. The van der Waals surface area contributed by atoms with Gasteiger partial charge in [-0.15, -0.1) is 0 Å². The smallest absolute Gasteiger partial charge is 0.342 e. The number of aryl methyl sites for hydroxylation is 2. The second kappa shape index (κ2) is 6.33. The maximum atomic E-state index is 12.2. The fourth-order valence-electron chi connectivity index (χ4n) is 3.20. The Labute approximate surface area is 159 Å². The van der Waals surface area contributed by atoms with E-state index in [1.807, 2.05) is 4.98 Å². The predicted molar refractivity (Wildman–Crippen MR) is 99.2 cm³/mol. The fourth-order valence-corrected chi connectivity index (χ4v) is 3.20. The monoisotopic (exact) mass is 403 g/mol.